The first-order valence-corrected chi connectivity index (χ1v) is 6.33. The molecule has 0 aliphatic heterocycles. The highest BCUT2D eigenvalue weighted by Gasteiger charge is 2.29. The molecular weight excluding hydrogens is 307 g/mol. The lowest BCUT2D eigenvalue weighted by atomic mass is 9.78. The van der Waals surface area contributed by atoms with Gasteiger partial charge < -0.3 is 21.9 Å². The van der Waals surface area contributed by atoms with Gasteiger partial charge in [-0.3, -0.25) is 0 Å². The highest BCUT2D eigenvalue weighted by molar-refractivity contribution is 7.81. The molecule has 1 aromatic carbocycles. The zero-order chi connectivity index (χ0) is 15.7. The van der Waals surface area contributed by atoms with Crippen molar-refractivity contribution in [3.05, 3.63) is 23.3 Å². The maximum Gasteiger partial charge on any atom is 0.509 e. The lowest BCUT2D eigenvalue weighted by Crippen LogP contribution is -2.35. The number of esters is 1. The Morgan fingerprint density at radius 3 is 2.20 bits per heavy atom. The van der Waals surface area contributed by atoms with Crippen LogP contribution in [-0.2, 0) is 15.2 Å². The first kappa shape index (κ1) is 16.3. The second-order valence-corrected chi connectivity index (χ2v) is 4.69. The molecule has 0 saturated carbocycles. The van der Waals surface area contributed by atoms with E-state index in [1.54, 1.807) is 0 Å². The number of carbonyl (C=O) groups excluding carboxylic acids is 1. The van der Waals surface area contributed by atoms with Gasteiger partial charge in [-0.1, -0.05) is 9.95 Å². The monoisotopic (exact) mass is 315 g/mol. The Morgan fingerprint density at radius 2 is 1.80 bits per heavy atom. The normalized spacial score (nSPS) is 12.1. The second kappa shape index (κ2) is 5.31. The molecule has 0 bridgehead atoms. The maximum atomic E-state index is 12.7. The molecule has 0 aromatic heterocycles. The van der Waals surface area contributed by atoms with Crippen LogP contribution in [0.3, 0.4) is 0 Å². The van der Waals surface area contributed by atoms with Crippen LogP contribution in [0.4, 0.5) is 16.8 Å². The molecular formula is C9H8BF4O5S-. The van der Waals surface area contributed by atoms with E-state index in [9.17, 15) is 30.0 Å². The van der Waals surface area contributed by atoms with Crippen molar-refractivity contribution in [2.75, 3.05) is 7.11 Å². The molecule has 20 heavy (non-hydrogen) atoms. The predicted octanol–water partition coefficient (Wildman–Crippen LogP) is 1.43. The highest BCUT2D eigenvalue weighted by atomic mass is 32.3. The van der Waals surface area contributed by atoms with Crippen molar-refractivity contribution in [1.29, 1.82) is 0 Å². The number of benzene rings is 1. The van der Waals surface area contributed by atoms with Crippen LogP contribution in [0, 0.1) is 6.92 Å². The minimum absolute atomic E-state index is 0.290. The summed E-state index contributed by atoms with van der Waals surface area (Å²) in [6.07, 6.45) is 0. The van der Waals surface area contributed by atoms with E-state index in [2.05, 4.69) is 8.92 Å². The van der Waals surface area contributed by atoms with E-state index in [4.69, 9.17) is 0 Å². The van der Waals surface area contributed by atoms with Crippen molar-refractivity contribution in [1.82, 2.24) is 0 Å². The summed E-state index contributed by atoms with van der Waals surface area (Å²) >= 11 is 0. The molecule has 0 N–H and O–H groups in total. The molecule has 5 nitrogen and oxygen atoms in total. The van der Waals surface area contributed by atoms with Gasteiger partial charge in [-0.05, 0) is 13.0 Å². The van der Waals surface area contributed by atoms with Crippen LogP contribution in [-0.4, -0.2) is 28.5 Å². The summed E-state index contributed by atoms with van der Waals surface area (Å²) in [6, 6.07) is 0.789. The smallest absolute Gasteiger partial charge is 0.465 e. The number of rotatable bonds is 4. The Hall–Kier alpha value is -1.78. The molecule has 0 fully saturated rings. The average Bonchev–Trinajstić information content (AvgIpc) is 2.27. The van der Waals surface area contributed by atoms with E-state index < -0.39 is 40.2 Å². The second-order valence-electron chi connectivity index (χ2n) is 3.73. The van der Waals surface area contributed by atoms with Crippen LogP contribution < -0.4 is 9.65 Å². The van der Waals surface area contributed by atoms with Gasteiger partial charge in [0.25, 0.3) is 0 Å². The third-order valence-electron chi connectivity index (χ3n) is 2.35. The van der Waals surface area contributed by atoms with Crippen LogP contribution in [0.1, 0.15) is 15.9 Å². The fourth-order valence-electron chi connectivity index (χ4n) is 1.41. The number of hydrogen-bond donors (Lipinski definition) is 0. The maximum absolute atomic E-state index is 12.7. The van der Waals surface area contributed by atoms with E-state index in [1.165, 1.54) is 0 Å². The summed E-state index contributed by atoms with van der Waals surface area (Å²) in [7, 11) is -4.59. The van der Waals surface area contributed by atoms with Crippen LogP contribution >= 0.6 is 0 Å². The van der Waals surface area contributed by atoms with Crippen molar-refractivity contribution < 1.29 is 39.0 Å². The van der Waals surface area contributed by atoms with Gasteiger partial charge in [0.05, 0.1) is 12.7 Å². The van der Waals surface area contributed by atoms with Crippen LogP contribution in [0.25, 0.3) is 0 Å². The Balaban J connectivity index is 3.54. The van der Waals surface area contributed by atoms with Gasteiger partial charge in [0, 0.05) is 5.56 Å². The van der Waals surface area contributed by atoms with E-state index in [1.807, 2.05) is 0 Å². The molecule has 0 spiro atoms. The minimum atomic E-state index is -5.55. The number of methoxy groups -OCH3 is 1. The molecule has 1 aromatic rings. The van der Waals surface area contributed by atoms with Gasteiger partial charge in [0.2, 0.25) is 0 Å². The van der Waals surface area contributed by atoms with E-state index >= 15 is 0 Å². The van der Waals surface area contributed by atoms with Crippen LogP contribution in [0.15, 0.2) is 12.1 Å². The summed E-state index contributed by atoms with van der Waals surface area (Å²) in [4.78, 5) is 11.3. The summed E-state index contributed by atoms with van der Waals surface area (Å²) in [5, 5.41) is 0. The Labute approximate surface area is 112 Å². The molecule has 0 radical (unpaired) electrons. The van der Waals surface area contributed by atoms with Gasteiger partial charge in [0.15, 0.2) is 0 Å². The largest absolute Gasteiger partial charge is 0.509 e. The minimum Gasteiger partial charge on any atom is -0.465 e. The quantitative estimate of drug-likeness (QED) is 0.364. The average molecular weight is 315 g/mol. The molecule has 0 unspecified atom stereocenters. The summed E-state index contributed by atoms with van der Waals surface area (Å²) in [6.45, 7) is -4.45. The van der Waals surface area contributed by atoms with Gasteiger partial charge in [-0.2, -0.15) is 8.42 Å². The standard InChI is InChI=1S/C9H8BF4O5S/c1-5-7(9(15)18-2)3-6(10(11,12)13)4-8(5)19-20(14,16)17/h3-4H,1-2H3/q-1. The molecule has 0 aliphatic carbocycles. The third kappa shape index (κ3) is 3.86. The summed E-state index contributed by atoms with van der Waals surface area (Å²) in [5.41, 5.74) is -2.17. The molecule has 112 valence electrons. The van der Waals surface area contributed by atoms with Crippen molar-refractivity contribution in [2.24, 2.45) is 0 Å². The zero-order valence-corrected chi connectivity index (χ0v) is 11.0. The molecule has 11 heteroatoms. The molecule has 0 saturated heterocycles. The van der Waals surface area contributed by atoms with E-state index in [0.29, 0.717) is 12.1 Å². The van der Waals surface area contributed by atoms with Crippen molar-refractivity contribution >= 4 is 28.9 Å². The Kier molecular flexibility index (Phi) is 4.32. The lowest BCUT2D eigenvalue weighted by Gasteiger charge is -2.18. The molecule has 0 heterocycles. The molecule has 0 atom stereocenters. The number of ether oxygens (including phenoxy) is 1. The van der Waals surface area contributed by atoms with Gasteiger partial charge in [0.1, 0.15) is 5.75 Å². The molecule has 0 aliphatic rings. The van der Waals surface area contributed by atoms with Gasteiger partial charge in [-0.25, -0.2) is 4.79 Å². The third-order valence-corrected chi connectivity index (χ3v) is 2.73. The van der Waals surface area contributed by atoms with Crippen molar-refractivity contribution in [3.63, 3.8) is 0 Å². The van der Waals surface area contributed by atoms with Crippen LogP contribution in [0.5, 0.6) is 5.75 Å². The molecule has 1 rings (SSSR count). The first-order valence-electron chi connectivity index (χ1n) is 5.02. The fraction of sp³-hybridized carbons (Fsp3) is 0.222. The van der Waals surface area contributed by atoms with Gasteiger partial charge in [-0.15, -0.1) is 5.46 Å². The Morgan fingerprint density at radius 1 is 1.25 bits per heavy atom. The number of halogens is 4. The zero-order valence-electron chi connectivity index (χ0n) is 10.2. The van der Waals surface area contributed by atoms with E-state index in [-0.39, 0.29) is 5.56 Å². The summed E-state index contributed by atoms with van der Waals surface area (Å²) in [5.74, 6) is -2.06. The first-order chi connectivity index (χ1) is 8.95. The number of hydrogen-bond acceptors (Lipinski definition) is 5. The number of carbonyl (C=O) groups is 1. The molecule has 0 amide bonds. The SMILES string of the molecule is COC(=O)c1cc([B-](F)(F)F)cc(OS(=O)(=O)F)c1C. The fourth-order valence-corrected chi connectivity index (χ4v) is 1.80. The predicted molar refractivity (Wildman–Crippen MR) is 61.9 cm³/mol. The van der Waals surface area contributed by atoms with Crippen LogP contribution in [0.2, 0.25) is 0 Å². The van der Waals surface area contributed by atoms with Crippen molar-refractivity contribution in [2.45, 2.75) is 6.92 Å². The summed E-state index contributed by atoms with van der Waals surface area (Å²) < 4.78 is 79.4. The van der Waals surface area contributed by atoms with Crippen molar-refractivity contribution in [3.8, 4) is 5.75 Å². The van der Waals surface area contributed by atoms with E-state index in [0.717, 1.165) is 14.0 Å². The van der Waals surface area contributed by atoms with Gasteiger partial charge >= 0.3 is 23.5 Å². The Bertz CT molecular complexity index is 640. The lowest BCUT2D eigenvalue weighted by molar-refractivity contribution is 0.0599. The topological polar surface area (TPSA) is 69.7 Å². The highest BCUT2D eigenvalue weighted by Crippen LogP contribution is 2.25.